The summed E-state index contributed by atoms with van der Waals surface area (Å²) in [6, 6.07) is 0.838. The molecule has 0 radical (unpaired) electrons. The van der Waals surface area contributed by atoms with Gasteiger partial charge >= 0.3 is 0 Å². The number of aldehydes is 1. The van der Waals surface area contributed by atoms with E-state index < -0.39 is 0 Å². The summed E-state index contributed by atoms with van der Waals surface area (Å²) in [5, 5.41) is 0. The molecule has 2 rings (SSSR count). The summed E-state index contributed by atoms with van der Waals surface area (Å²) in [4.78, 5) is 12.7. The Morgan fingerprint density at radius 3 is 3.08 bits per heavy atom. The second kappa shape index (κ2) is 3.56. The predicted octanol–water partition coefficient (Wildman–Crippen LogP) is 1.45. The Hall–Kier alpha value is -0.370. The van der Waals surface area contributed by atoms with Crippen LogP contribution in [0.3, 0.4) is 0 Å². The number of carbonyl (C=O) groups is 1. The topological polar surface area (TPSA) is 20.3 Å². The van der Waals surface area contributed by atoms with Gasteiger partial charge in [0.05, 0.1) is 0 Å². The summed E-state index contributed by atoms with van der Waals surface area (Å²) in [5.41, 5.74) is 0. The van der Waals surface area contributed by atoms with Crippen molar-refractivity contribution in [2.75, 3.05) is 13.1 Å². The summed E-state index contributed by atoms with van der Waals surface area (Å²) in [6.07, 6.45) is 7.37. The van der Waals surface area contributed by atoms with E-state index in [0.29, 0.717) is 0 Å². The zero-order valence-corrected chi connectivity index (χ0v) is 7.54. The van der Waals surface area contributed by atoms with Gasteiger partial charge in [0, 0.05) is 19.0 Å². The Kier molecular flexibility index (Phi) is 2.45. The van der Waals surface area contributed by atoms with E-state index in [1.807, 2.05) is 0 Å². The zero-order chi connectivity index (χ0) is 8.39. The van der Waals surface area contributed by atoms with Gasteiger partial charge in [0.1, 0.15) is 6.29 Å². The first-order chi connectivity index (χ1) is 5.92. The third-order valence-corrected chi connectivity index (χ3v) is 3.41. The van der Waals surface area contributed by atoms with Crippen LogP contribution in [0, 0.1) is 5.92 Å². The van der Waals surface area contributed by atoms with E-state index in [1.54, 1.807) is 0 Å². The zero-order valence-electron chi connectivity index (χ0n) is 7.54. The first kappa shape index (κ1) is 8.24. The smallest absolute Gasteiger partial charge is 0.121 e. The number of hydrogen-bond donors (Lipinski definition) is 0. The number of hydrogen-bond acceptors (Lipinski definition) is 2. The van der Waals surface area contributed by atoms with Gasteiger partial charge in [-0.1, -0.05) is 6.42 Å². The average Bonchev–Trinajstić information content (AvgIpc) is 2.62. The molecule has 2 atom stereocenters. The van der Waals surface area contributed by atoms with Gasteiger partial charge in [0.25, 0.3) is 0 Å². The van der Waals surface area contributed by atoms with E-state index >= 15 is 0 Å². The molecular weight excluding hydrogens is 150 g/mol. The molecule has 2 nitrogen and oxygen atoms in total. The maximum absolute atomic E-state index is 10.2. The maximum Gasteiger partial charge on any atom is 0.121 e. The minimum Gasteiger partial charge on any atom is -0.303 e. The second-order valence-corrected chi connectivity index (χ2v) is 4.04. The number of carbonyl (C=O) groups excluding carboxylic acids is 1. The van der Waals surface area contributed by atoms with Crippen molar-refractivity contribution in [2.45, 2.75) is 38.1 Å². The van der Waals surface area contributed by atoms with Gasteiger partial charge in [-0.3, -0.25) is 4.90 Å². The summed E-state index contributed by atoms with van der Waals surface area (Å²) < 4.78 is 0. The highest BCUT2D eigenvalue weighted by Gasteiger charge is 2.36. The monoisotopic (exact) mass is 167 g/mol. The van der Waals surface area contributed by atoms with Crippen LogP contribution in [0.4, 0.5) is 0 Å². The lowest BCUT2D eigenvalue weighted by atomic mass is 10.0. The van der Waals surface area contributed by atoms with Crippen molar-refractivity contribution < 1.29 is 4.79 Å². The molecule has 1 aliphatic carbocycles. The van der Waals surface area contributed by atoms with Crippen LogP contribution in [-0.2, 0) is 4.79 Å². The Morgan fingerprint density at radius 1 is 1.33 bits per heavy atom. The molecule has 0 spiro atoms. The second-order valence-electron chi connectivity index (χ2n) is 4.04. The molecule has 1 saturated heterocycles. The van der Waals surface area contributed by atoms with Gasteiger partial charge in [0.15, 0.2) is 0 Å². The molecule has 0 N–H and O–H groups in total. The van der Waals surface area contributed by atoms with E-state index in [2.05, 4.69) is 4.90 Å². The molecular formula is C10H17NO. The average molecular weight is 167 g/mol. The lowest BCUT2D eigenvalue weighted by Crippen LogP contribution is -2.31. The summed E-state index contributed by atoms with van der Waals surface area (Å²) in [6.45, 7) is 2.24. The Morgan fingerprint density at radius 2 is 2.25 bits per heavy atom. The lowest BCUT2D eigenvalue weighted by molar-refractivity contribution is -0.108. The predicted molar refractivity (Wildman–Crippen MR) is 48.0 cm³/mol. The fourth-order valence-electron chi connectivity index (χ4n) is 2.83. The van der Waals surface area contributed by atoms with Gasteiger partial charge in [-0.2, -0.15) is 0 Å². The number of rotatable bonds is 3. The van der Waals surface area contributed by atoms with Gasteiger partial charge < -0.3 is 4.79 Å². The molecule has 68 valence electrons. The first-order valence-electron chi connectivity index (χ1n) is 5.09. The number of fused-ring (bicyclic) bond motifs is 1. The van der Waals surface area contributed by atoms with Crippen molar-refractivity contribution in [3.05, 3.63) is 0 Å². The van der Waals surface area contributed by atoms with Crippen LogP contribution >= 0.6 is 0 Å². The summed E-state index contributed by atoms with van der Waals surface area (Å²) >= 11 is 0. The van der Waals surface area contributed by atoms with Crippen LogP contribution in [0.15, 0.2) is 0 Å². The van der Waals surface area contributed by atoms with Gasteiger partial charge in [-0.05, 0) is 31.7 Å². The molecule has 12 heavy (non-hydrogen) atoms. The van der Waals surface area contributed by atoms with Crippen LogP contribution in [0.1, 0.15) is 32.1 Å². The van der Waals surface area contributed by atoms with Crippen LogP contribution < -0.4 is 0 Å². The van der Waals surface area contributed by atoms with Gasteiger partial charge in [0.2, 0.25) is 0 Å². The number of likely N-dealkylation sites (tertiary alicyclic amines) is 1. The van der Waals surface area contributed by atoms with E-state index in [9.17, 15) is 4.79 Å². The minimum atomic E-state index is 0.725. The van der Waals surface area contributed by atoms with Crippen LogP contribution in [-0.4, -0.2) is 30.3 Å². The van der Waals surface area contributed by atoms with Crippen molar-refractivity contribution in [3.8, 4) is 0 Å². The van der Waals surface area contributed by atoms with E-state index in [-0.39, 0.29) is 0 Å². The molecule has 2 unspecified atom stereocenters. The highest BCUT2D eigenvalue weighted by molar-refractivity contribution is 5.49. The molecule has 2 fully saturated rings. The van der Waals surface area contributed by atoms with Crippen molar-refractivity contribution >= 4 is 6.29 Å². The third kappa shape index (κ3) is 1.40. The van der Waals surface area contributed by atoms with E-state index in [4.69, 9.17) is 0 Å². The quantitative estimate of drug-likeness (QED) is 0.593. The SMILES string of the molecule is O=CCCN1CCC2CCCC21. The lowest BCUT2D eigenvalue weighted by Gasteiger charge is -2.22. The van der Waals surface area contributed by atoms with E-state index in [1.165, 1.54) is 32.2 Å². The molecule has 1 saturated carbocycles. The molecule has 1 heterocycles. The maximum atomic E-state index is 10.2. The van der Waals surface area contributed by atoms with Gasteiger partial charge in [-0.15, -0.1) is 0 Å². The molecule has 0 aromatic heterocycles. The molecule has 1 aliphatic heterocycles. The van der Waals surface area contributed by atoms with Crippen molar-refractivity contribution in [3.63, 3.8) is 0 Å². The largest absolute Gasteiger partial charge is 0.303 e. The van der Waals surface area contributed by atoms with E-state index in [0.717, 1.165) is 31.2 Å². The fourth-order valence-corrected chi connectivity index (χ4v) is 2.83. The number of nitrogens with zero attached hydrogens (tertiary/aromatic N) is 1. The third-order valence-electron chi connectivity index (χ3n) is 3.41. The molecule has 0 aromatic rings. The van der Waals surface area contributed by atoms with Crippen LogP contribution in [0.5, 0.6) is 0 Å². The standard InChI is InChI=1S/C10H17NO/c12-8-2-6-11-7-5-9-3-1-4-10(9)11/h8-10H,1-7H2. The first-order valence-corrected chi connectivity index (χ1v) is 5.09. The summed E-state index contributed by atoms with van der Waals surface area (Å²) in [7, 11) is 0. The Labute approximate surface area is 73.9 Å². The molecule has 0 aromatic carbocycles. The Balaban J connectivity index is 1.86. The molecule has 2 aliphatic rings. The van der Waals surface area contributed by atoms with Crippen LogP contribution in [0.25, 0.3) is 0 Å². The normalized spacial score (nSPS) is 35.3. The van der Waals surface area contributed by atoms with Crippen molar-refractivity contribution in [1.29, 1.82) is 0 Å². The van der Waals surface area contributed by atoms with Crippen LogP contribution in [0.2, 0.25) is 0 Å². The van der Waals surface area contributed by atoms with Crippen molar-refractivity contribution in [1.82, 2.24) is 4.90 Å². The van der Waals surface area contributed by atoms with Gasteiger partial charge in [-0.25, -0.2) is 0 Å². The molecule has 0 bridgehead atoms. The highest BCUT2D eigenvalue weighted by atomic mass is 16.1. The minimum absolute atomic E-state index is 0.725. The summed E-state index contributed by atoms with van der Waals surface area (Å²) in [5.74, 6) is 0.969. The molecule has 0 amide bonds. The Bertz CT molecular complexity index is 169. The van der Waals surface area contributed by atoms with Crippen molar-refractivity contribution in [2.24, 2.45) is 5.92 Å². The highest BCUT2D eigenvalue weighted by Crippen LogP contribution is 2.37. The fraction of sp³-hybridized carbons (Fsp3) is 0.900. The molecule has 2 heteroatoms.